The van der Waals surface area contributed by atoms with Crippen LogP contribution in [0.1, 0.15) is 0 Å². The van der Waals surface area contributed by atoms with E-state index in [4.69, 9.17) is 50.0 Å². The minimum Gasteiger partial charge on any atom is -0.394 e. The van der Waals surface area contributed by atoms with Gasteiger partial charge < -0.3 is 85.7 Å². The van der Waals surface area contributed by atoms with Gasteiger partial charge in [-0.3, -0.25) is 0 Å². The Morgan fingerprint density at radius 1 is 0.571 bits per heavy atom. The van der Waals surface area contributed by atoms with Gasteiger partial charge in [-0.15, -0.1) is 0 Å². The molecule has 210 valence electrons. The van der Waals surface area contributed by atoms with Crippen LogP contribution in [0.2, 0.25) is 0 Å². The molecule has 2 aliphatic heterocycles. The van der Waals surface area contributed by atoms with Gasteiger partial charge in [0.1, 0.15) is 73.2 Å². The summed E-state index contributed by atoms with van der Waals surface area (Å²) in [6, 6.07) is 0. The van der Waals surface area contributed by atoms with Crippen LogP contribution in [0.15, 0.2) is 0 Å². The highest BCUT2D eigenvalue weighted by Gasteiger charge is 2.50. The summed E-state index contributed by atoms with van der Waals surface area (Å²) < 4.78 is 15.3. The maximum absolute atomic E-state index is 9.94. The first-order valence-corrected chi connectivity index (χ1v) is 10.6. The Balaban J connectivity index is 0.000000434. The molecule has 14 atom stereocenters. The van der Waals surface area contributed by atoms with Crippen LogP contribution >= 0.6 is 0 Å². The first-order valence-electron chi connectivity index (χ1n) is 10.6. The molecule has 0 aromatic rings. The van der Waals surface area contributed by atoms with Gasteiger partial charge in [0, 0.05) is 0 Å². The summed E-state index contributed by atoms with van der Waals surface area (Å²) in [5.41, 5.74) is 0. The van der Waals surface area contributed by atoms with Crippen molar-refractivity contribution < 1.29 is 85.7 Å². The number of aliphatic hydroxyl groups is 14. The van der Waals surface area contributed by atoms with Crippen LogP contribution < -0.4 is 0 Å². The lowest BCUT2D eigenvalue weighted by molar-refractivity contribution is -0.355. The summed E-state index contributed by atoms with van der Waals surface area (Å²) in [5.74, 6) is 0. The van der Waals surface area contributed by atoms with E-state index in [2.05, 4.69) is 0 Å². The molecule has 0 radical (unpaired) electrons. The molecule has 14 N–H and O–H groups in total. The average Bonchev–Trinajstić information content (AvgIpc) is 2.87. The molecule has 0 aliphatic carbocycles. The highest BCUT2D eigenvalue weighted by Crippen LogP contribution is 2.28. The summed E-state index contributed by atoms with van der Waals surface area (Å²) >= 11 is 0. The lowest BCUT2D eigenvalue weighted by Crippen LogP contribution is -2.64. The van der Waals surface area contributed by atoms with E-state index in [1.165, 1.54) is 0 Å². The highest BCUT2D eigenvalue weighted by atomic mass is 16.7. The summed E-state index contributed by atoms with van der Waals surface area (Å²) in [5, 5.41) is 129. The quantitative estimate of drug-likeness (QED) is 0.133. The van der Waals surface area contributed by atoms with Crippen LogP contribution in [0, 0.1) is 0 Å². The Labute approximate surface area is 198 Å². The monoisotopic (exact) mass is 524 g/mol. The van der Waals surface area contributed by atoms with E-state index in [0.29, 0.717) is 0 Å². The average molecular weight is 524 g/mol. The number of hydrogen-bond donors (Lipinski definition) is 14. The first-order chi connectivity index (χ1) is 16.4. The van der Waals surface area contributed by atoms with E-state index in [9.17, 15) is 35.7 Å². The van der Waals surface area contributed by atoms with E-state index >= 15 is 0 Å². The molecule has 0 saturated carbocycles. The van der Waals surface area contributed by atoms with Crippen molar-refractivity contribution in [2.45, 2.75) is 85.8 Å². The van der Waals surface area contributed by atoms with Gasteiger partial charge >= 0.3 is 0 Å². The van der Waals surface area contributed by atoms with Crippen molar-refractivity contribution in [1.82, 2.24) is 0 Å². The zero-order valence-electron chi connectivity index (χ0n) is 18.4. The van der Waals surface area contributed by atoms with Crippen molar-refractivity contribution in [1.29, 1.82) is 0 Å². The third kappa shape index (κ3) is 8.15. The largest absolute Gasteiger partial charge is 0.394 e. The second-order valence-electron chi connectivity index (χ2n) is 8.01. The third-order valence-corrected chi connectivity index (χ3v) is 5.49. The summed E-state index contributed by atoms with van der Waals surface area (Å²) in [7, 11) is 0. The van der Waals surface area contributed by atoms with Gasteiger partial charge in [-0.05, 0) is 0 Å². The topological polar surface area (TPSA) is 311 Å². The van der Waals surface area contributed by atoms with Crippen LogP contribution in [0.25, 0.3) is 0 Å². The van der Waals surface area contributed by atoms with Gasteiger partial charge in [-0.25, -0.2) is 0 Å². The Kier molecular flexibility index (Phi) is 13.8. The summed E-state index contributed by atoms with van der Waals surface area (Å²) in [4.78, 5) is 0. The molecule has 0 spiro atoms. The zero-order chi connectivity index (χ0) is 27.0. The summed E-state index contributed by atoms with van der Waals surface area (Å²) in [6.07, 6.45) is -22.0. The lowest BCUT2D eigenvalue weighted by Gasteiger charge is -2.45. The van der Waals surface area contributed by atoms with Crippen molar-refractivity contribution in [3.8, 4) is 0 Å². The van der Waals surface area contributed by atoms with Gasteiger partial charge in [0.2, 0.25) is 0 Å². The molecular weight excluding hydrogens is 488 g/mol. The molecule has 2 aliphatic rings. The van der Waals surface area contributed by atoms with Gasteiger partial charge in [0.15, 0.2) is 12.6 Å². The summed E-state index contributed by atoms with van der Waals surface area (Å²) in [6.45, 7) is -2.80. The van der Waals surface area contributed by atoms with Crippen molar-refractivity contribution in [3.63, 3.8) is 0 Å². The standard InChI is InChI=1S/C12H22O11.C6H14O6/c13-1-3-5(15)6(16)9(19)12(22-3)23-10-4(2-14)21-11(20)8(18)7(10)17;7-1-3(9)5(11)6(12)4(10)2-8/h3-20H,1-2H2;3-12H,1-2H2/t3-,4-,5+,6+,7-,8-,9-,10-,11-,12+;3-,4+,5-,6-/m11/s1. The SMILES string of the molecule is OC[C@@H](O)[C@@H](O)[C@H](O)[C@@H](O)CO.OC[C@H]1O[C@@H](O[C@H]2[C@H](O)[C@@H](O)[C@H](O)O[C@@H]2CO)[C@H](O)[C@@H](O)[C@H]1O. The Morgan fingerprint density at radius 2 is 1.06 bits per heavy atom. The molecule has 0 amide bonds. The molecule has 0 unspecified atom stereocenters. The minimum absolute atomic E-state index is 0.667. The van der Waals surface area contributed by atoms with E-state index in [1.54, 1.807) is 0 Å². The van der Waals surface area contributed by atoms with Crippen molar-refractivity contribution in [2.75, 3.05) is 26.4 Å². The molecule has 17 nitrogen and oxygen atoms in total. The smallest absolute Gasteiger partial charge is 0.187 e. The van der Waals surface area contributed by atoms with Crippen LogP contribution in [-0.4, -0.2) is 184 Å². The fraction of sp³-hybridized carbons (Fsp3) is 1.00. The highest BCUT2D eigenvalue weighted by molar-refractivity contribution is 4.93. The molecule has 0 aromatic heterocycles. The molecular formula is C18H36O17. The van der Waals surface area contributed by atoms with Gasteiger partial charge in [-0.2, -0.15) is 0 Å². The van der Waals surface area contributed by atoms with E-state index in [1.807, 2.05) is 0 Å². The van der Waals surface area contributed by atoms with E-state index < -0.39 is 112 Å². The number of hydrogen-bond acceptors (Lipinski definition) is 17. The lowest BCUT2D eigenvalue weighted by atomic mass is 9.97. The van der Waals surface area contributed by atoms with Gasteiger partial charge in [-0.1, -0.05) is 0 Å². The number of ether oxygens (including phenoxy) is 3. The van der Waals surface area contributed by atoms with Gasteiger partial charge in [0.25, 0.3) is 0 Å². The predicted molar refractivity (Wildman–Crippen MR) is 107 cm³/mol. The van der Waals surface area contributed by atoms with Gasteiger partial charge in [0.05, 0.1) is 26.4 Å². The third-order valence-electron chi connectivity index (χ3n) is 5.49. The molecule has 2 saturated heterocycles. The van der Waals surface area contributed by atoms with Crippen LogP contribution in [-0.2, 0) is 14.2 Å². The fourth-order valence-electron chi connectivity index (χ4n) is 3.24. The first kappa shape index (κ1) is 32.3. The minimum atomic E-state index is -1.74. The van der Waals surface area contributed by atoms with Crippen LogP contribution in [0.3, 0.4) is 0 Å². The van der Waals surface area contributed by atoms with Crippen molar-refractivity contribution in [3.05, 3.63) is 0 Å². The van der Waals surface area contributed by atoms with E-state index in [-0.39, 0.29) is 0 Å². The molecule has 0 aromatic carbocycles. The second kappa shape index (κ2) is 14.9. The maximum atomic E-state index is 9.94. The second-order valence-corrected chi connectivity index (χ2v) is 8.01. The molecule has 2 rings (SSSR count). The fourth-order valence-corrected chi connectivity index (χ4v) is 3.24. The predicted octanol–water partition coefficient (Wildman–Crippen LogP) is -8.98. The number of rotatable bonds is 9. The van der Waals surface area contributed by atoms with Crippen LogP contribution in [0.5, 0.6) is 0 Å². The molecule has 0 bridgehead atoms. The van der Waals surface area contributed by atoms with Crippen LogP contribution in [0.4, 0.5) is 0 Å². The Hall–Kier alpha value is -0.680. The van der Waals surface area contributed by atoms with Crippen molar-refractivity contribution in [2.24, 2.45) is 0 Å². The molecule has 2 fully saturated rings. The number of aliphatic hydroxyl groups excluding tert-OH is 14. The molecule has 35 heavy (non-hydrogen) atoms. The molecule has 17 heteroatoms. The molecule has 2 heterocycles. The maximum Gasteiger partial charge on any atom is 0.187 e. The van der Waals surface area contributed by atoms with E-state index in [0.717, 1.165) is 0 Å². The zero-order valence-corrected chi connectivity index (χ0v) is 18.4. The Morgan fingerprint density at radius 3 is 1.49 bits per heavy atom. The normalized spacial score (nSPS) is 41.3. The van der Waals surface area contributed by atoms with Crippen molar-refractivity contribution >= 4 is 0 Å². The Bertz CT molecular complexity index is 567.